The highest BCUT2D eigenvalue weighted by molar-refractivity contribution is 6.45. The number of imidazole rings is 1. The van der Waals surface area contributed by atoms with E-state index in [9.17, 15) is 4.79 Å². The summed E-state index contributed by atoms with van der Waals surface area (Å²) in [5.74, 6) is 0.746. The molecule has 0 aliphatic carbocycles. The number of hydrogen-bond acceptors (Lipinski definition) is 5. The van der Waals surface area contributed by atoms with Crippen LogP contribution in [0, 0.1) is 5.92 Å². The van der Waals surface area contributed by atoms with Crippen LogP contribution < -0.4 is 4.90 Å². The fraction of sp³-hybridized carbons (Fsp3) is 0.316. The third kappa shape index (κ3) is 3.13. The molecule has 27 heavy (non-hydrogen) atoms. The minimum Gasteiger partial charge on any atom is -0.467 e. The van der Waals surface area contributed by atoms with Crippen molar-refractivity contribution in [2.24, 2.45) is 5.92 Å². The van der Waals surface area contributed by atoms with Gasteiger partial charge in [0.05, 0.1) is 34.7 Å². The molecule has 4 rings (SSSR count). The Balaban J connectivity index is 1.93. The summed E-state index contributed by atoms with van der Waals surface area (Å²) in [7, 11) is 1.41. The molecule has 1 fully saturated rings. The number of aromatic nitrogens is 3. The van der Waals surface area contributed by atoms with Crippen LogP contribution in [-0.2, 0) is 9.53 Å². The summed E-state index contributed by atoms with van der Waals surface area (Å²) >= 11 is 12.7. The van der Waals surface area contributed by atoms with E-state index in [1.807, 2.05) is 27.8 Å². The second kappa shape index (κ2) is 7.02. The fourth-order valence-corrected chi connectivity index (χ4v) is 3.98. The molecule has 0 radical (unpaired) electrons. The van der Waals surface area contributed by atoms with Crippen molar-refractivity contribution in [3.8, 4) is 5.69 Å². The lowest BCUT2D eigenvalue weighted by Gasteiger charge is -2.25. The minimum atomic E-state index is -0.372. The quantitative estimate of drug-likeness (QED) is 0.614. The largest absolute Gasteiger partial charge is 0.467 e. The maximum absolute atomic E-state index is 12.3. The molecule has 0 saturated carbocycles. The number of hydrogen-bond donors (Lipinski definition) is 0. The topological polar surface area (TPSA) is 60.2 Å². The van der Waals surface area contributed by atoms with E-state index in [1.54, 1.807) is 18.6 Å². The van der Waals surface area contributed by atoms with Crippen LogP contribution in [0.2, 0.25) is 10.0 Å². The number of rotatable bonds is 3. The van der Waals surface area contributed by atoms with E-state index in [-0.39, 0.29) is 12.0 Å². The number of carbonyl (C=O) groups excluding carboxylic acids is 1. The van der Waals surface area contributed by atoms with Gasteiger partial charge in [0.1, 0.15) is 11.9 Å². The number of methoxy groups -OCH3 is 1. The van der Waals surface area contributed by atoms with Crippen molar-refractivity contribution < 1.29 is 9.53 Å². The molecule has 8 heteroatoms. The summed E-state index contributed by atoms with van der Waals surface area (Å²) in [6, 6.07) is 5.22. The number of anilines is 1. The van der Waals surface area contributed by atoms with Gasteiger partial charge in [0.2, 0.25) is 0 Å². The summed E-state index contributed by atoms with van der Waals surface area (Å²) in [4.78, 5) is 23.2. The standard InChI is InChI=1S/C19H18Cl2N4O2/c1-11-7-15(19(26)27-2)25(9-11)16-8-14(24-6-5-22-10-24)12-3-4-13(20)17(21)18(12)23-16/h3-6,8,10-11,15H,7,9H2,1-2H3/t11-,15+/m1/s1. The third-order valence-corrected chi connectivity index (χ3v) is 5.69. The molecule has 1 aliphatic heterocycles. The first kappa shape index (κ1) is 18.1. The zero-order chi connectivity index (χ0) is 19.1. The van der Waals surface area contributed by atoms with E-state index in [2.05, 4.69) is 11.9 Å². The molecule has 3 heterocycles. The van der Waals surface area contributed by atoms with Crippen molar-refractivity contribution in [1.29, 1.82) is 0 Å². The van der Waals surface area contributed by atoms with Crippen LogP contribution in [0.1, 0.15) is 13.3 Å². The summed E-state index contributed by atoms with van der Waals surface area (Å²) < 4.78 is 6.89. The highest BCUT2D eigenvalue weighted by Gasteiger charge is 2.37. The predicted octanol–water partition coefficient (Wildman–Crippen LogP) is 4.12. The molecule has 0 amide bonds. The molecular weight excluding hydrogens is 387 g/mol. The van der Waals surface area contributed by atoms with Crippen LogP contribution in [0.5, 0.6) is 0 Å². The number of nitrogens with zero attached hydrogens (tertiary/aromatic N) is 4. The molecule has 6 nitrogen and oxygen atoms in total. The van der Waals surface area contributed by atoms with Gasteiger partial charge in [-0.2, -0.15) is 0 Å². The van der Waals surface area contributed by atoms with E-state index < -0.39 is 0 Å². The zero-order valence-corrected chi connectivity index (χ0v) is 16.4. The summed E-state index contributed by atoms with van der Waals surface area (Å²) in [5, 5.41) is 1.68. The van der Waals surface area contributed by atoms with Gasteiger partial charge in [-0.05, 0) is 24.5 Å². The summed E-state index contributed by atoms with van der Waals surface area (Å²) in [5.41, 5.74) is 1.46. The van der Waals surface area contributed by atoms with Gasteiger partial charge < -0.3 is 14.2 Å². The maximum Gasteiger partial charge on any atom is 0.328 e. The van der Waals surface area contributed by atoms with Crippen LogP contribution in [-0.4, -0.2) is 40.2 Å². The lowest BCUT2D eigenvalue weighted by molar-refractivity contribution is -0.142. The second-order valence-electron chi connectivity index (χ2n) is 6.76. The fourth-order valence-electron chi connectivity index (χ4n) is 3.62. The first-order valence-corrected chi connectivity index (χ1v) is 9.36. The number of pyridine rings is 1. The first-order chi connectivity index (χ1) is 13.0. The molecule has 0 bridgehead atoms. The van der Waals surface area contributed by atoms with E-state index >= 15 is 0 Å². The number of carbonyl (C=O) groups is 1. The number of fused-ring (bicyclic) bond motifs is 1. The third-order valence-electron chi connectivity index (χ3n) is 4.90. The molecule has 2 atom stereocenters. The van der Waals surface area contributed by atoms with Gasteiger partial charge in [-0.25, -0.2) is 14.8 Å². The SMILES string of the molecule is COC(=O)[C@@H]1C[C@@H](C)CN1c1cc(-n2ccnc2)c2ccc(Cl)c(Cl)c2n1. The Morgan fingerprint density at radius 3 is 2.85 bits per heavy atom. The van der Waals surface area contributed by atoms with Gasteiger partial charge in [0, 0.05) is 30.4 Å². The monoisotopic (exact) mass is 404 g/mol. The lowest BCUT2D eigenvalue weighted by atomic mass is 10.1. The molecule has 1 aliphatic rings. The molecule has 0 spiro atoms. The Labute approximate surface area is 166 Å². The Kier molecular flexibility index (Phi) is 4.70. The minimum absolute atomic E-state index is 0.261. The second-order valence-corrected chi connectivity index (χ2v) is 7.54. The predicted molar refractivity (Wildman–Crippen MR) is 106 cm³/mol. The first-order valence-electron chi connectivity index (χ1n) is 8.61. The van der Waals surface area contributed by atoms with Gasteiger partial charge in [-0.3, -0.25) is 0 Å². The van der Waals surface area contributed by atoms with Crippen LogP contribution in [0.4, 0.5) is 5.82 Å². The van der Waals surface area contributed by atoms with Crippen molar-refractivity contribution in [3.63, 3.8) is 0 Å². The van der Waals surface area contributed by atoms with Gasteiger partial charge in [-0.1, -0.05) is 30.1 Å². The van der Waals surface area contributed by atoms with E-state index in [4.69, 9.17) is 32.9 Å². The van der Waals surface area contributed by atoms with Gasteiger partial charge in [0.15, 0.2) is 0 Å². The normalized spacial score (nSPS) is 19.6. The van der Waals surface area contributed by atoms with Crippen LogP contribution in [0.3, 0.4) is 0 Å². The smallest absolute Gasteiger partial charge is 0.328 e. The highest BCUT2D eigenvalue weighted by atomic mass is 35.5. The Hall–Kier alpha value is -2.31. The van der Waals surface area contributed by atoms with Crippen LogP contribution >= 0.6 is 23.2 Å². The van der Waals surface area contributed by atoms with E-state index in [0.29, 0.717) is 33.8 Å². The van der Waals surface area contributed by atoms with Crippen molar-refractivity contribution >= 4 is 45.9 Å². The summed E-state index contributed by atoms with van der Waals surface area (Å²) in [6.45, 7) is 2.82. The lowest BCUT2D eigenvalue weighted by Crippen LogP contribution is -2.37. The molecule has 1 saturated heterocycles. The molecule has 3 aromatic rings. The van der Waals surface area contributed by atoms with Crippen molar-refractivity contribution in [2.45, 2.75) is 19.4 Å². The zero-order valence-electron chi connectivity index (χ0n) is 14.9. The average molecular weight is 405 g/mol. The molecule has 0 unspecified atom stereocenters. The van der Waals surface area contributed by atoms with Crippen molar-refractivity contribution in [2.75, 3.05) is 18.6 Å². The van der Waals surface area contributed by atoms with Gasteiger partial charge in [-0.15, -0.1) is 0 Å². The average Bonchev–Trinajstić information content (AvgIpc) is 3.33. The van der Waals surface area contributed by atoms with Gasteiger partial charge >= 0.3 is 5.97 Å². The summed E-state index contributed by atoms with van der Waals surface area (Å²) in [6.07, 6.45) is 5.99. The van der Waals surface area contributed by atoms with Crippen LogP contribution in [0.15, 0.2) is 36.9 Å². The molecule has 1 aromatic carbocycles. The number of ether oxygens (including phenoxy) is 1. The van der Waals surface area contributed by atoms with Crippen molar-refractivity contribution in [3.05, 3.63) is 47.0 Å². The van der Waals surface area contributed by atoms with Gasteiger partial charge in [0.25, 0.3) is 0 Å². The van der Waals surface area contributed by atoms with E-state index in [1.165, 1.54) is 7.11 Å². The van der Waals surface area contributed by atoms with Crippen molar-refractivity contribution in [1.82, 2.24) is 14.5 Å². The molecular formula is C19H18Cl2N4O2. The molecule has 2 aromatic heterocycles. The Morgan fingerprint density at radius 1 is 1.33 bits per heavy atom. The maximum atomic E-state index is 12.3. The molecule has 0 N–H and O–H groups in total. The van der Waals surface area contributed by atoms with E-state index in [0.717, 1.165) is 17.5 Å². The van der Waals surface area contributed by atoms with Crippen LogP contribution in [0.25, 0.3) is 16.6 Å². The number of halogens is 2. The Bertz CT molecular complexity index is 1010. The molecule has 140 valence electrons. The number of esters is 1. The highest BCUT2D eigenvalue weighted by Crippen LogP contribution is 2.37. The Morgan fingerprint density at radius 2 is 2.15 bits per heavy atom. The number of benzene rings is 1.